The first kappa shape index (κ1) is 12.7. The highest BCUT2D eigenvalue weighted by atomic mass is 16.3. The molecule has 0 saturated heterocycles. The van der Waals surface area contributed by atoms with Crippen LogP contribution in [0.5, 0.6) is 5.75 Å². The van der Waals surface area contributed by atoms with E-state index in [1.807, 2.05) is 18.2 Å². The van der Waals surface area contributed by atoms with Crippen LogP contribution < -0.4 is 5.32 Å². The fourth-order valence-electron chi connectivity index (χ4n) is 2.11. The number of aryl methyl sites for hydroxylation is 1. The average Bonchev–Trinajstić information content (AvgIpc) is 2.38. The molecule has 2 aromatic carbocycles. The van der Waals surface area contributed by atoms with E-state index >= 15 is 0 Å². The van der Waals surface area contributed by atoms with E-state index in [9.17, 15) is 5.11 Å². The van der Waals surface area contributed by atoms with Gasteiger partial charge in [-0.3, -0.25) is 0 Å². The van der Waals surface area contributed by atoms with Crippen LogP contribution in [-0.4, -0.2) is 5.11 Å². The predicted octanol–water partition coefficient (Wildman–Crippen LogP) is 3.55. The molecule has 0 saturated carbocycles. The van der Waals surface area contributed by atoms with Crippen molar-refractivity contribution in [2.45, 2.75) is 26.4 Å². The number of phenols is 1. The van der Waals surface area contributed by atoms with Gasteiger partial charge in [0.1, 0.15) is 5.75 Å². The summed E-state index contributed by atoms with van der Waals surface area (Å²) in [4.78, 5) is 0. The minimum Gasteiger partial charge on any atom is -0.508 e. The van der Waals surface area contributed by atoms with Gasteiger partial charge < -0.3 is 10.4 Å². The van der Waals surface area contributed by atoms with E-state index in [1.54, 1.807) is 6.07 Å². The van der Waals surface area contributed by atoms with Crippen LogP contribution in [0.4, 0.5) is 0 Å². The first-order valence-electron chi connectivity index (χ1n) is 6.24. The third-order valence-electron chi connectivity index (χ3n) is 3.25. The summed E-state index contributed by atoms with van der Waals surface area (Å²) in [7, 11) is 0. The van der Waals surface area contributed by atoms with Crippen LogP contribution in [-0.2, 0) is 6.54 Å². The molecule has 0 aliphatic heterocycles. The Hall–Kier alpha value is -1.80. The van der Waals surface area contributed by atoms with E-state index in [2.05, 4.69) is 43.4 Å². The molecule has 0 aliphatic carbocycles. The number of nitrogens with one attached hydrogen (secondary N) is 1. The third-order valence-corrected chi connectivity index (χ3v) is 3.25. The largest absolute Gasteiger partial charge is 0.508 e. The van der Waals surface area contributed by atoms with Crippen molar-refractivity contribution in [3.63, 3.8) is 0 Å². The van der Waals surface area contributed by atoms with Crippen LogP contribution in [0.1, 0.15) is 29.7 Å². The molecule has 94 valence electrons. The Morgan fingerprint density at radius 1 is 1.06 bits per heavy atom. The minimum absolute atomic E-state index is 0.269. The van der Waals surface area contributed by atoms with Crippen molar-refractivity contribution in [2.24, 2.45) is 0 Å². The van der Waals surface area contributed by atoms with Gasteiger partial charge in [-0.2, -0.15) is 0 Å². The molecule has 2 heteroatoms. The maximum absolute atomic E-state index is 9.71. The molecule has 0 spiro atoms. The highest BCUT2D eigenvalue weighted by Gasteiger charge is 2.08. The molecule has 0 unspecified atom stereocenters. The second-order valence-corrected chi connectivity index (χ2v) is 4.59. The van der Waals surface area contributed by atoms with E-state index in [4.69, 9.17) is 0 Å². The van der Waals surface area contributed by atoms with Gasteiger partial charge in [0.05, 0.1) is 0 Å². The molecular formula is C16H19NO. The SMILES string of the molecule is Cc1ccccc1[C@H](C)NCc1ccccc1O. The molecule has 2 rings (SSSR count). The second-order valence-electron chi connectivity index (χ2n) is 4.59. The van der Waals surface area contributed by atoms with Crippen LogP contribution in [0.25, 0.3) is 0 Å². The first-order valence-corrected chi connectivity index (χ1v) is 6.24. The molecule has 2 nitrogen and oxygen atoms in total. The lowest BCUT2D eigenvalue weighted by Gasteiger charge is -2.17. The fourth-order valence-corrected chi connectivity index (χ4v) is 2.11. The Labute approximate surface area is 108 Å². The lowest BCUT2D eigenvalue weighted by Crippen LogP contribution is -2.18. The normalized spacial score (nSPS) is 12.3. The molecular weight excluding hydrogens is 222 g/mol. The maximum Gasteiger partial charge on any atom is 0.120 e. The zero-order chi connectivity index (χ0) is 13.0. The average molecular weight is 241 g/mol. The Morgan fingerprint density at radius 3 is 2.44 bits per heavy atom. The maximum atomic E-state index is 9.71. The van der Waals surface area contributed by atoms with Crippen LogP contribution in [0.15, 0.2) is 48.5 Å². The van der Waals surface area contributed by atoms with Gasteiger partial charge in [0.2, 0.25) is 0 Å². The van der Waals surface area contributed by atoms with E-state index in [0.29, 0.717) is 12.3 Å². The number of benzene rings is 2. The summed E-state index contributed by atoms with van der Waals surface area (Å²) in [6.45, 7) is 4.93. The lowest BCUT2D eigenvalue weighted by molar-refractivity contribution is 0.460. The number of para-hydroxylation sites is 1. The van der Waals surface area contributed by atoms with Crippen molar-refractivity contribution in [3.8, 4) is 5.75 Å². The van der Waals surface area contributed by atoms with E-state index in [1.165, 1.54) is 11.1 Å². The Morgan fingerprint density at radius 2 is 1.72 bits per heavy atom. The fraction of sp³-hybridized carbons (Fsp3) is 0.250. The highest BCUT2D eigenvalue weighted by Crippen LogP contribution is 2.19. The quantitative estimate of drug-likeness (QED) is 0.858. The second kappa shape index (κ2) is 5.69. The standard InChI is InChI=1S/C16H19NO/c1-12-7-3-5-9-15(12)13(2)17-11-14-8-4-6-10-16(14)18/h3-10,13,17-18H,11H2,1-2H3/t13-/m0/s1. The van der Waals surface area contributed by atoms with Gasteiger partial charge in [-0.25, -0.2) is 0 Å². The zero-order valence-corrected chi connectivity index (χ0v) is 10.9. The summed E-state index contributed by atoms with van der Waals surface area (Å²) >= 11 is 0. The molecule has 0 fully saturated rings. The third kappa shape index (κ3) is 2.90. The Kier molecular flexibility index (Phi) is 4.00. The van der Waals surface area contributed by atoms with Gasteiger partial charge in [-0.1, -0.05) is 42.5 Å². The summed E-state index contributed by atoms with van der Waals surface area (Å²) in [5.74, 6) is 0.349. The van der Waals surface area contributed by atoms with E-state index in [0.717, 1.165) is 5.56 Å². The van der Waals surface area contributed by atoms with Gasteiger partial charge in [-0.15, -0.1) is 0 Å². The Bertz CT molecular complexity index is 522. The summed E-state index contributed by atoms with van der Waals surface area (Å²) in [6.07, 6.45) is 0. The summed E-state index contributed by atoms with van der Waals surface area (Å²) < 4.78 is 0. The molecule has 1 atom stereocenters. The molecule has 0 heterocycles. The van der Waals surface area contributed by atoms with Crippen LogP contribution in [0, 0.1) is 6.92 Å². The van der Waals surface area contributed by atoms with Gasteiger partial charge in [0.15, 0.2) is 0 Å². The summed E-state index contributed by atoms with van der Waals surface area (Å²) in [6, 6.07) is 16.1. The monoisotopic (exact) mass is 241 g/mol. The van der Waals surface area contributed by atoms with Crippen molar-refractivity contribution in [3.05, 3.63) is 65.2 Å². The topological polar surface area (TPSA) is 32.3 Å². The number of phenolic OH excluding ortho intramolecular Hbond substituents is 1. The highest BCUT2D eigenvalue weighted by molar-refractivity contribution is 5.32. The molecule has 2 N–H and O–H groups in total. The summed E-state index contributed by atoms with van der Waals surface area (Å²) in [5.41, 5.74) is 3.51. The van der Waals surface area contributed by atoms with Crippen molar-refractivity contribution in [1.82, 2.24) is 5.32 Å². The predicted molar refractivity (Wildman–Crippen MR) is 74.5 cm³/mol. The van der Waals surface area contributed by atoms with E-state index in [-0.39, 0.29) is 6.04 Å². The molecule has 2 aromatic rings. The number of hydrogen-bond donors (Lipinski definition) is 2. The molecule has 0 aromatic heterocycles. The zero-order valence-electron chi connectivity index (χ0n) is 10.9. The Balaban J connectivity index is 2.03. The smallest absolute Gasteiger partial charge is 0.120 e. The minimum atomic E-state index is 0.269. The van der Waals surface area contributed by atoms with Crippen LogP contribution in [0.2, 0.25) is 0 Å². The van der Waals surface area contributed by atoms with Crippen molar-refractivity contribution < 1.29 is 5.11 Å². The summed E-state index contributed by atoms with van der Waals surface area (Å²) in [5, 5.41) is 13.1. The number of aromatic hydroxyl groups is 1. The lowest BCUT2D eigenvalue weighted by atomic mass is 10.0. The van der Waals surface area contributed by atoms with Gasteiger partial charge in [0.25, 0.3) is 0 Å². The van der Waals surface area contributed by atoms with Crippen molar-refractivity contribution >= 4 is 0 Å². The molecule has 0 aliphatic rings. The number of hydrogen-bond acceptors (Lipinski definition) is 2. The van der Waals surface area contributed by atoms with E-state index < -0.39 is 0 Å². The van der Waals surface area contributed by atoms with Crippen molar-refractivity contribution in [1.29, 1.82) is 0 Å². The molecule has 18 heavy (non-hydrogen) atoms. The number of rotatable bonds is 4. The molecule has 0 bridgehead atoms. The first-order chi connectivity index (χ1) is 8.68. The van der Waals surface area contributed by atoms with Crippen LogP contribution >= 0.6 is 0 Å². The van der Waals surface area contributed by atoms with Gasteiger partial charge >= 0.3 is 0 Å². The van der Waals surface area contributed by atoms with Gasteiger partial charge in [-0.05, 0) is 31.0 Å². The molecule has 0 amide bonds. The van der Waals surface area contributed by atoms with Crippen molar-refractivity contribution in [2.75, 3.05) is 0 Å². The molecule has 0 radical (unpaired) electrons. The van der Waals surface area contributed by atoms with Gasteiger partial charge in [0, 0.05) is 18.2 Å². The van der Waals surface area contributed by atoms with Crippen LogP contribution in [0.3, 0.4) is 0 Å².